The molecule has 4 atom stereocenters. The minimum Gasteiger partial charge on any atom is -0.484 e. The predicted molar refractivity (Wildman–Crippen MR) is 142 cm³/mol. The van der Waals surface area contributed by atoms with Gasteiger partial charge in [0.15, 0.2) is 0 Å². The van der Waals surface area contributed by atoms with Gasteiger partial charge in [-0.15, -0.1) is 0 Å². The zero-order chi connectivity index (χ0) is 24.9. The monoisotopic (exact) mass is 477 g/mol. The Morgan fingerprint density at radius 3 is 2.51 bits per heavy atom. The Morgan fingerprint density at radius 2 is 1.86 bits per heavy atom. The van der Waals surface area contributed by atoms with Gasteiger partial charge in [0.25, 0.3) is 5.56 Å². The van der Waals surface area contributed by atoms with Gasteiger partial charge >= 0.3 is 0 Å². The number of piperazine rings is 1. The van der Waals surface area contributed by atoms with Crippen LogP contribution in [0.4, 0.5) is 0 Å². The Kier molecular flexibility index (Phi) is 8.21. The molecule has 3 aromatic rings. The fourth-order valence-electron chi connectivity index (χ4n) is 5.26. The fourth-order valence-corrected chi connectivity index (χ4v) is 5.26. The number of ether oxygens (including phenoxy) is 1. The maximum Gasteiger partial charge on any atom is 0.261 e. The summed E-state index contributed by atoms with van der Waals surface area (Å²) in [6.07, 6.45) is 1.85. The molecule has 7 heteroatoms. The van der Waals surface area contributed by atoms with Gasteiger partial charge in [0.2, 0.25) is 0 Å². The minimum atomic E-state index is -0.138. The van der Waals surface area contributed by atoms with Gasteiger partial charge in [0.05, 0.1) is 16.9 Å². The second-order valence-corrected chi connectivity index (χ2v) is 9.82. The molecule has 0 bridgehead atoms. The van der Waals surface area contributed by atoms with E-state index in [0.29, 0.717) is 35.3 Å². The summed E-state index contributed by atoms with van der Waals surface area (Å²) in [5.74, 6) is 1.54. The topological polar surface area (TPSA) is 71.4 Å². The Labute approximate surface area is 208 Å². The number of nitrogens with zero attached hydrogens (tertiary/aromatic N) is 3. The van der Waals surface area contributed by atoms with Crippen LogP contribution in [0.25, 0.3) is 10.9 Å². The van der Waals surface area contributed by atoms with Gasteiger partial charge in [0, 0.05) is 44.8 Å². The molecule has 188 valence electrons. The van der Waals surface area contributed by atoms with Crippen LogP contribution in [-0.4, -0.2) is 53.2 Å². The number of benzene rings is 2. The average Bonchev–Trinajstić information content (AvgIpc) is 2.84. The third-order valence-electron chi connectivity index (χ3n) is 6.81. The van der Waals surface area contributed by atoms with Gasteiger partial charge in [-0.3, -0.25) is 14.3 Å². The molecule has 0 saturated carbocycles. The van der Waals surface area contributed by atoms with Crippen LogP contribution in [0, 0.1) is 0 Å². The van der Waals surface area contributed by atoms with Gasteiger partial charge in [-0.1, -0.05) is 43.7 Å². The highest BCUT2D eigenvalue weighted by Crippen LogP contribution is 2.29. The number of hydrogen-bond acceptors (Lipinski definition) is 6. The fraction of sp³-hybridized carbons (Fsp3) is 0.500. The van der Waals surface area contributed by atoms with Gasteiger partial charge in [-0.2, -0.15) is 0 Å². The molecule has 4 rings (SSSR count). The maximum absolute atomic E-state index is 13.4. The number of likely N-dealkylation sites (N-methyl/N-ethyl adjacent to an activating group) is 1. The van der Waals surface area contributed by atoms with Crippen molar-refractivity contribution in [2.75, 3.05) is 26.7 Å². The lowest BCUT2D eigenvalue weighted by atomic mass is 10.0. The molecule has 0 spiro atoms. The Morgan fingerprint density at radius 1 is 1.14 bits per heavy atom. The molecule has 0 unspecified atom stereocenters. The highest BCUT2D eigenvalue weighted by molar-refractivity contribution is 5.79. The maximum atomic E-state index is 13.4. The third-order valence-corrected chi connectivity index (χ3v) is 6.81. The summed E-state index contributed by atoms with van der Waals surface area (Å²) in [7, 11) is 3.77. The highest BCUT2D eigenvalue weighted by Gasteiger charge is 2.30. The van der Waals surface area contributed by atoms with Gasteiger partial charge in [-0.05, 0) is 45.0 Å². The molecule has 1 fully saturated rings. The summed E-state index contributed by atoms with van der Waals surface area (Å²) in [5, 5.41) is 7.44. The molecule has 7 nitrogen and oxygen atoms in total. The normalized spacial score (nSPS) is 20.6. The summed E-state index contributed by atoms with van der Waals surface area (Å²) in [5.41, 5.74) is 1.78. The standard InChI is InChI=1S/C28H39N5O2/c1-6-10-25(33-17-19(2)30-20(3)18-33)27-31-24-15-22(13-14-23(24)28(34)32(27)5)35-26(16-29-4)21-11-8-7-9-12-21/h7-9,11-15,19-20,25-26,29-30H,6,10,16-18H2,1-5H3/t19-,20+,25-,26-/m1/s1. The Balaban J connectivity index is 1.71. The van der Waals surface area contributed by atoms with Crippen molar-refractivity contribution in [3.63, 3.8) is 0 Å². The first kappa shape index (κ1) is 25.4. The summed E-state index contributed by atoms with van der Waals surface area (Å²) >= 11 is 0. The molecule has 2 N–H and O–H groups in total. The third kappa shape index (κ3) is 5.74. The lowest BCUT2D eigenvalue weighted by molar-refractivity contribution is 0.109. The van der Waals surface area contributed by atoms with Crippen molar-refractivity contribution >= 4 is 10.9 Å². The lowest BCUT2D eigenvalue weighted by Gasteiger charge is -2.41. The minimum absolute atomic E-state index is 0.0104. The molecule has 2 aromatic carbocycles. The lowest BCUT2D eigenvalue weighted by Crippen LogP contribution is -2.55. The summed E-state index contributed by atoms with van der Waals surface area (Å²) in [6, 6.07) is 16.7. The van der Waals surface area contributed by atoms with Crippen LogP contribution in [0.15, 0.2) is 53.3 Å². The summed E-state index contributed by atoms with van der Waals surface area (Å²) in [4.78, 5) is 20.9. The van der Waals surface area contributed by atoms with E-state index in [2.05, 4.69) is 48.4 Å². The molecule has 0 aliphatic carbocycles. The van der Waals surface area contributed by atoms with E-state index in [1.54, 1.807) is 4.57 Å². The molecule has 1 aliphatic rings. The van der Waals surface area contributed by atoms with Gasteiger partial charge in [0.1, 0.15) is 17.7 Å². The first-order valence-electron chi connectivity index (χ1n) is 12.8. The van der Waals surface area contributed by atoms with E-state index in [9.17, 15) is 4.79 Å². The van der Waals surface area contributed by atoms with Crippen molar-refractivity contribution in [3.05, 3.63) is 70.3 Å². The van der Waals surface area contributed by atoms with E-state index in [1.807, 2.05) is 50.5 Å². The molecule has 0 radical (unpaired) electrons. The second-order valence-electron chi connectivity index (χ2n) is 9.82. The quantitative estimate of drug-likeness (QED) is 0.489. The average molecular weight is 478 g/mol. The number of nitrogens with one attached hydrogen (secondary N) is 2. The highest BCUT2D eigenvalue weighted by atomic mass is 16.5. The van der Waals surface area contributed by atoms with E-state index in [1.165, 1.54) is 0 Å². The van der Waals surface area contributed by atoms with E-state index in [4.69, 9.17) is 9.72 Å². The van der Waals surface area contributed by atoms with Crippen LogP contribution < -0.4 is 20.9 Å². The Hall–Kier alpha value is -2.74. The molecule has 35 heavy (non-hydrogen) atoms. The van der Waals surface area contributed by atoms with Crippen LogP contribution in [0.5, 0.6) is 5.75 Å². The molecular weight excluding hydrogens is 438 g/mol. The van der Waals surface area contributed by atoms with Crippen molar-refractivity contribution in [1.82, 2.24) is 25.1 Å². The van der Waals surface area contributed by atoms with E-state index >= 15 is 0 Å². The molecule has 1 aliphatic heterocycles. The smallest absolute Gasteiger partial charge is 0.261 e. The van der Waals surface area contributed by atoms with Crippen LogP contribution in [0.2, 0.25) is 0 Å². The molecular formula is C28H39N5O2. The van der Waals surface area contributed by atoms with Crippen LogP contribution in [-0.2, 0) is 7.05 Å². The zero-order valence-corrected chi connectivity index (χ0v) is 21.6. The first-order valence-corrected chi connectivity index (χ1v) is 12.8. The molecule has 1 aromatic heterocycles. The van der Waals surface area contributed by atoms with Crippen LogP contribution >= 0.6 is 0 Å². The van der Waals surface area contributed by atoms with E-state index in [-0.39, 0.29) is 17.7 Å². The molecule has 2 heterocycles. The van der Waals surface area contributed by atoms with E-state index in [0.717, 1.165) is 37.3 Å². The molecule has 1 saturated heterocycles. The predicted octanol–water partition coefficient (Wildman–Crippen LogP) is 3.80. The number of rotatable bonds is 9. The van der Waals surface area contributed by atoms with Crippen molar-refractivity contribution in [2.45, 2.75) is 57.8 Å². The van der Waals surface area contributed by atoms with Crippen LogP contribution in [0.3, 0.4) is 0 Å². The largest absolute Gasteiger partial charge is 0.484 e. The van der Waals surface area contributed by atoms with Crippen molar-refractivity contribution in [3.8, 4) is 5.75 Å². The first-order chi connectivity index (χ1) is 16.9. The van der Waals surface area contributed by atoms with Gasteiger partial charge in [-0.25, -0.2) is 4.98 Å². The SMILES string of the molecule is CCC[C@H](c1nc2cc(O[C@H](CNC)c3ccccc3)ccc2c(=O)n1C)N1C[C@@H](C)N[C@@H](C)C1. The van der Waals surface area contributed by atoms with Gasteiger partial charge < -0.3 is 15.4 Å². The second kappa shape index (κ2) is 11.3. The van der Waals surface area contributed by atoms with Crippen molar-refractivity contribution in [2.24, 2.45) is 7.05 Å². The number of aromatic nitrogens is 2. The summed E-state index contributed by atoms with van der Waals surface area (Å²) in [6.45, 7) is 9.18. The van der Waals surface area contributed by atoms with E-state index < -0.39 is 0 Å². The van der Waals surface area contributed by atoms with Crippen molar-refractivity contribution in [1.29, 1.82) is 0 Å². The molecule has 0 amide bonds. The number of fused-ring (bicyclic) bond motifs is 1. The zero-order valence-electron chi connectivity index (χ0n) is 21.6. The number of hydrogen-bond donors (Lipinski definition) is 2. The van der Waals surface area contributed by atoms with Crippen LogP contribution in [0.1, 0.15) is 57.1 Å². The van der Waals surface area contributed by atoms with Crippen molar-refractivity contribution < 1.29 is 4.74 Å². The summed E-state index contributed by atoms with van der Waals surface area (Å²) < 4.78 is 8.13. The Bertz CT molecular complexity index is 1170.